The number of carbonyl (C=O) groups is 1. The summed E-state index contributed by atoms with van der Waals surface area (Å²) in [5, 5.41) is 0. The number of likely N-dealkylation sites (tertiary alicyclic amines) is 1. The van der Waals surface area contributed by atoms with Crippen molar-refractivity contribution in [2.24, 2.45) is 0 Å². The number of carbonyl (C=O) groups excluding carboxylic acids is 1. The number of amides is 1. The molecule has 3 rings (SSSR count). The predicted octanol–water partition coefficient (Wildman–Crippen LogP) is 2.79. The summed E-state index contributed by atoms with van der Waals surface area (Å²) < 4.78 is 43.1. The summed E-state index contributed by atoms with van der Waals surface area (Å²) in [6.45, 7) is 0.839. The molecule has 0 unspecified atom stereocenters. The van der Waals surface area contributed by atoms with Gasteiger partial charge in [-0.15, -0.1) is 0 Å². The molecular formula is C16H14F3N3O2. The highest BCUT2D eigenvalue weighted by atomic mass is 19.4. The van der Waals surface area contributed by atoms with E-state index in [0.29, 0.717) is 19.5 Å². The maximum Gasteiger partial charge on any atom is 0.451 e. The molecule has 1 amide bonds. The van der Waals surface area contributed by atoms with E-state index in [0.717, 1.165) is 18.1 Å². The summed E-state index contributed by atoms with van der Waals surface area (Å²) in [6.07, 6.45) is -2.30. The molecule has 1 aliphatic rings. The number of halogens is 3. The molecule has 0 radical (unpaired) electrons. The fourth-order valence-electron chi connectivity index (χ4n) is 2.47. The second-order valence-corrected chi connectivity index (χ2v) is 5.39. The monoisotopic (exact) mass is 337 g/mol. The lowest BCUT2D eigenvalue weighted by Crippen LogP contribution is -2.31. The van der Waals surface area contributed by atoms with Crippen molar-refractivity contribution in [3.8, 4) is 5.75 Å². The third-order valence-corrected chi connectivity index (χ3v) is 3.63. The average molecular weight is 337 g/mol. The Bertz CT molecular complexity index is 705. The van der Waals surface area contributed by atoms with Gasteiger partial charge in [-0.1, -0.05) is 18.2 Å². The number of hydrogen-bond donors (Lipinski definition) is 0. The van der Waals surface area contributed by atoms with E-state index in [9.17, 15) is 18.0 Å². The van der Waals surface area contributed by atoms with Gasteiger partial charge in [0.1, 0.15) is 11.9 Å². The van der Waals surface area contributed by atoms with Gasteiger partial charge in [0.15, 0.2) is 0 Å². The number of hydrogen-bond acceptors (Lipinski definition) is 4. The van der Waals surface area contributed by atoms with Crippen molar-refractivity contribution >= 4 is 5.91 Å². The van der Waals surface area contributed by atoms with Gasteiger partial charge in [-0.25, -0.2) is 9.97 Å². The number of aromatic nitrogens is 2. The lowest BCUT2D eigenvalue weighted by molar-refractivity contribution is -0.145. The zero-order valence-corrected chi connectivity index (χ0v) is 12.5. The molecule has 2 aromatic rings. The summed E-state index contributed by atoms with van der Waals surface area (Å²) in [6, 6.07) is 9.24. The van der Waals surface area contributed by atoms with Crippen LogP contribution in [0.1, 0.15) is 22.6 Å². The van der Waals surface area contributed by atoms with Crippen LogP contribution < -0.4 is 4.74 Å². The van der Waals surface area contributed by atoms with Gasteiger partial charge in [0.25, 0.3) is 5.91 Å². The van der Waals surface area contributed by atoms with Gasteiger partial charge >= 0.3 is 6.18 Å². The van der Waals surface area contributed by atoms with E-state index < -0.39 is 17.9 Å². The van der Waals surface area contributed by atoms with Crippen molar-refractivity contribution < 1.29 is 22.7 Å². The average Bonchev–Trinajstić information content (AvgIpc) is 3.03. The van der Waals surface area contributed by atoms with Crippen LogP contribution in [0, 0.1) is 0 Å². The third-order valence-electron chi connectivity index (χ3n) is 3.63. The summed E-state index contributed by atoms with van der Waals surface area (Å²) >= 11 is 0. The van der Waals surface area contributed by atoms with E-state index in [1.165, 1.54) is 4.90 Å². The Balaban J connectivity index is 1.62. The van der Waals surface area contributed by atoms with Crippen molar-refractivity contribution in [2.45, 2.75) is 18.7 Å². The van der Waals surface area contributed by atoms with Gasteiger partial charge in [-0.3, -0.25) is 4.79 Å². The first-order valence-electron chi connectivity index (χ1n) is 7.34. The molecule has 0 bridgehead atoms. The molecule has 1 saturated heterocycles. The highest BCUT2D eigenvalue weighted by molar-refractivity contribution is 5.93. The van der Waals surface area contributed by atoms with Crippen molar-refractivity contribution in [3.63, 3.8) is 0 Å². The van der Waals surface area contributed by atoms with E-state index in [1.54, 1.807) is 0 Å². The first kappa shape index (κ1) is 16.2. The predicted molar refractivity (Wildman–Crippen MR) is 78.4 cm³/mol. The molecule has 24 heavy (non-hydrogen) atoms. The minimum Gasteiger partial charge on any atom is -0.489 e. The Hall–Kier alpha value is -2.64. The molecule has 0 spiro atoms. The molecule has 1 aromatic heterocycles. The molecule has 126 valence electrons. The Kier molecular flexibility index (Phi) is 4.37. The minimum atomic E-state index is -4.62. The fraction of sp³-hybridized carbons (Fsp3) is 0.312. The zero-order chi connectivity index (χ0) is 17.2. The molecular weight excluding hydrogens is 323 g/mol. The first-order chi connectivity index (χ1) is 11.4. The smallest absolute Gasteiger partial charge is 0.451 e. The van der Waals surface area contributed by atoms with Crippen molar-refractivity contribution in [2.75, 3.05) is 13.1 Å². The lowest BCUT2D eigenvalue weighted by atomic mass is 10.3. The van der Waals surface area contributed by atoms with Crippen LogP contribution in [-0.4, -0.2) is 40.0 Å². The molecule has 5 nitrogen and oxygen atoms in total. The van der Waals surface area contributed by atoms with E-state index in [-0.39, 0.29) is 11.7 Å². The molecule has 2 heterocycles. The molecule has 0 saturated carbocycles. The summed E-state index contributed by atoms with van der Waals surface area (Å²) in [5.41, 5.74) is 0.0309. The van der Waals surface area contributed by atoms with Crippen LogP contribution in [0.25, 0.3) is 0 Å². The number of ether oxygens (including phenoxy) is 1. The van der Waals surface area contributed by atoms with Crippen LogP contribution >= 0.6 is 0 Å². The Morgan fingerprint density at radius 3 is 2.46 bits per heavy atom. The quantitative estimate of drug-likeness (QED) is 0.864. The van der Waals surface area contributed by atoms with E-state index in [1.807, 2.05) is 30.3 Å². The van der Waals surface area contributed by atoms with Crippen molar-refractivity contribution in [1.29, 1.82) is 0 Å². The van der Waals surface area contributed by atoms with Gasteiger partial charge in [0.2, 0.25) is 5.82 Å². The molecule has 1 aromatic carbocycles. The highest BCUT2D eigenvalue weighted by Gasteiger charge is 2.35. The number of nitrogens with zero attached hydrogens (tertiary/aromatic N) is 3. The van der Waals surface area contributed by atoms with Crippen LogP contribution in [0.4, 0.5) is 13.2 Å². The molecule has 1 fully saturated rings. The van der Waals surface area contributed by atoms with Crippen LogP contribution in [0.3, 0.4) is 0 Å². The van der Waals surface area contributed by atoms with E-state index in [4.69, 9.17) is 4.74 Å². The Morgan fingerprint density at radius 2 is 1.83 bits per heavy atom. The van der Waals surface area contributed by atoms with Crippen LogP contribution in [0.15, 0.2) is 42.7 Å². The first-order valence-corrected chi connectivity index (χ1v) is 7.34. The Labute approximate surface area is 136 Å². The van der Waals surface area contributed by atoms with Gasteiger partial charge in [-0.2, -0.15) is 13.2 Å². The standard InChI is InChI=1S/C16H14F3N3O2/c17-16(18,19)15-20-8-11(9-21-15)14(23)22-7-6-13(10-22)24-12-4-2-1-3-5-12/h1-5,8-9,13H,6-7,10H2/t13-/m0/s1. The van der Waals surface area contributed by atoms with Crippen LogP contribution in [0.2, 0.25) is 0 Å². The second-order valence-electron chi connectivity index (χ2n) is 5.39. The topological polar surface area (TPSA) is 55.3 Å². The molecule has 8 heteroatoms. The number of benzene rings is 1. The van der Waals surface area contributed by atoms with Crippen molar-refractivity contribution in [1.82, 2.24) is 14.9 Å². The van der Waals surface area contributed by atoms with Crippen molar-refractivity contribution in [3.05, 3.63) is 54.1 Å². The maximum absolute atomic E-state index is 12.4. The number of rotatable bonds is 3. The van der Waals surface area contributed by atoms with Gasteiger partial charge in [0, 0.05) is 25.4 Å². The third kappa shape index (κ3) is 3.64. The van der Waals surface area contributed by atoms with E-state index in [2.05, 4.69) is 9.97 Å². The lowest BCUT2D eigenvalue weighted by Gasteiger charge is -2.17. The molecule has 1 atom stereocenters. The highest BCUT2D eigenvalue weighted by Crippen LogP contribution is 2.25. The van der Waals surface area contributed by atoms with Gasteiger partial charge in [-0.05, 0) is 12.1 Å². The Morgan fingerprint density at radius 1 is 1.17 bits per heavy atom. The zero-order valence-electron chi connectivity index (χ0n) is 12.5. The SMILES string of the molecule is O=C(c1cnc(C(F)(F)F)nc1)N1CC[C@H](Oc2ccccc2)C1. The number of para-hydroxylation sites is 1. The maximum atomic E-state index is 12.4. The molecule has 1 aliphatic heterocycles. The summed E-state index contributed by atoms with van der Waals surface area (Å²) in [4.78, 5) is 20.3. The molecule has 0 aliphatic carbocycles. The van der Waals surface area contributed by atoms with E-state index >= 15 is 0 Å². The largest absolute Gasteiger partial charge is 0.489 e. The number of alkyl halides is 3. The van der Waals surface area contributed by atoms with Gasteiger partial charge < -0.3 is 9.64 Å². The molecule has 0 N–H and O–H groups in total. The van der Waals surface area contributed by atoms with Crippen LogP contribution in [0.5, 0.6) is 5.75 Å². The van der Waals surface area contributed by atoms with Gasteiger partial charge in [0.05, 0.1) is 12.1 Å². The normalized spacial score (nSPS) is 17.8. The fourth-order valence-corrected chi connectivity index (χ4v) is 2.47. The van der Waals surface area contributed by atoms with Crippen LogP contribution in [-0.2, 0) is 6.18 Å². The minimum absolute atomic E-state index is 0.0309. The second kappa shape index (κ2) is 6.46. The summed E-state index contributed by atoms with van der Waals surface area (Å²) in [5.74, 6) is -0.941. The summed E-state index contributed by atoms with van der Waals surface area (Å²) in [7, 11) is 0.